The average Bonchev–Trinajstić information content (AvgIpc) is 2.65. The Balaban J connectivity index is 1.74. The molecule has 0 radical (unpaired) electrons. The number of benzene rings is 1. The molecule has 1 aromatic carbocycles. The Kier molecular flexibility index (Phi) is 8.06. The first-order chi connectivity index (χ1) is 12.4. The Morgan fingerprint density at radius 2 is 1.88 bits per heavy atom. The van der Waals surface area contributed by atoms with Crippen molar-refractivity contribution in [2.24, 2.45) is 0 Å². The number of hydrogen-bond acceptors (Lipinski definition) is 3. The lowest BCUT2D eigenvalue weighted by Gasteiger charge is -2.34. The molecule has 26 heavy (non-hydrogen) atoms. The van der Waals surface area contributed by atoms with Gasteiger partial charge in [-0.15, -0.1) is 0 Å². The molecule has 1 amide bonds. The molecule has 2 rings (SSSR count). The highest BCUT2D eigenvalue weighted by molar-refractivity contribution is 7.86. The smallest absolute Gasteiger partial charge is 0.281 e. The van der Waals surface area contributed by atoms with Crippen molar-refractivity contribution in [3.8, 4) is 0 Å². The maximum absolute atomic E-state index is 12.5. The first-order valence-corrected chi connectivity index (χ1v) is 10.9. The standard InChI is InChI=1S/C19H31N3O3S/c1-3-4-14-21(2)26(24,25)22-15-12-18(13-16-22)20-19(23)11-10-17-8-6-5-7-9-17/h5-9,18H,3-4,10-16H2,1-2H3,(H,20,23). The molecule has 0 aliphatic carbocycles. The lowest BCUT2D eigenvalue weighted by molar-refractivity contribution is -0.122. The number of carbonyl (C=O) groups excluding carboxylic acids is 1. The first kappa shape index (κ1) is 20.9. The molecule has 146 valence electrons. The minimum Gasteiger partial charge on any atom is -0.353 e. The number of nitrogens with one attached hydrogen (secondary N) is 1. The summed E-state index contributed by atoms with van der Waals surface area (Å²) in [7, 11) is -1.74. The fourth-order valence-corrected chi connectivity index (χ4v) is 4.55. The van der Waals surface area contributed by atoms with Crippen LogP contribution in [-0.4, -0.2) is 55.7 Å². The molecule has 6 nitrogen and oxygen atoms in total. The molecule has 0 aromatic heterocycles. The molecular formula is C19H31N3O3S. The summed E-state index contributed by atoms with van der Waals surface area (Å²) in [5.41, 5.74) is 1.15. The summed E-state index contributed by atoms with van der Waals surface area (Å²) in [6.45, 7) is 3.52. The number of amides is 1. The van der Waals surface area contributed by atoms with Crippen molar-refractivity contribution < 1.29 is 13.2 Å². The second-order valence-corrected chi connectivity index (χ2v) is 8.94. The van der Waals surface area contributed by atoms with Crippen molar-refractivity contribution >= 4 is 16.1 Å². The molecule has 0 spiro atoms. The number of piperidine rings is 1. The Hall–Kier alpha value is -1.44. The quantitative estimate of drug-likeness (QED) is 0.713. The molecule has 1 aromatic rings. The van der Waals surface area contributed by atoms with Gasteiger partial charge in [-0.1, -0.05) is 43.7 Å². The first-order valence-electron chi connectivity index (χ1n) is 9.48. The van der Waals surface area contributed by atoms with Gasteiger partial charge in [-0.2, -0.15) is 17.0 Å². The van der Waals surface area contributed by atoms with E-state index in [0.717, 1.165) is 24.8 Å². The van der Waals surface area contributed by atoms with Crippen LogP contribution in [0.2, 0.25) is 0 Å². The van der Waals surface area contributed by atoms with Crippen LogP contribution >= 0.6 is 0 Å². The van der Waals surface area contributed by atoms with Gasteiger partial charge in [0.1, 0.15) is 0 Å². The van der Waals surface area contributed by atoms with Gasteiger partial charge in [0.05, 0.1) is 0 Å². The van der Waals surface area contributed by atoms with E-state index in [4.69, 9.17) is 0 Å². The minimum absolute atomic E-state index is 0.0372. The van der Waals surface area contributed by atoms with E-state index < -0.39 is 10.2 Å². The van der Waals surface area contributed by atoms with E-state index in [-0.39, 0.29) is 11.9 Å². The number of hydrogen-bond donors (Lipinski definition) is 1. The Labute approximate surface area is 157 Å². The fraction of sp³-hybridized carbons (Fsp3) is 0.632. The summed E-state index contributed by atoms with van der Waals surface area (Å²) in [6.07, 6.45) is 4.35. The second kappa shape index (κ2) is 10.0. The van der Waals surface area contributed by atoms with Crippen LogP contribution in [0.15, 0.2) is 30.3 Å². The average molecular weight is 382 g/mol. The van der Waals surface area contributed by atoms with Crippen molar-refractivity contribution in [3.05, 3.63) is 35.9 Å². The zero-order valence-electron chi connectivity index (χ0n) is 15.9. The van der Waals surface area contributed by atoms with Crippen LogP contribution in [0.4, 0.5) is 0 Å². The number of aryl methyl sites for hydroxylation is 1. The van der Waals surface area contributed by atoms with Gasteiger partial charge in [0.15, 0.2) is 0 Å². The van der Waals surface area contributed by atoms with Crippen LogP contribution < -0.4 is 5.32 Å². The highest BCUT2D eigenvalue weighted by Crippen LogP contribution is 2.17. The predicted molar refractivity (Wildman–Crippen MR) is 104 cm³/mol. The minimum atomic E-state index is -3.38. The fourth-order valence-electron chi connectivity index (χ4n) is 3.13. The number of unbranched alkanes of at least 4 members (excludes halogenated alkanes) is 1. The summed E-state index contributed by atoms with van der Waals surface area (Å²) >= 11 is 0. The number of rotatable bonds is 9. The molecule has 1 aliphatic heterocycles. The van der Waals surface area contributed by atoms with E-state index in [1.807, 2.05) is 37.3 Å². The van der Waals surface area contributed by atoms with Crippen LogP contribution in [0.3, 0.4) is 0 Å². The van der Waals surface area contributed by atoms with Crippen LogP contribution in [0, 0.1) is 0 Å². The van der Waals surface area contributed by atoms with Gasteiger partial charge in [0, 0.05) is 39.1 Å². The van der Waals surface area contributed by atoms with Gasteiger partial charge in [0.25, 0.3) is 10.2 Å². The summed E-state index contributed by atoms with van der Waals surface area (Å²) in [6, 6.07) is 10.0. The van der Waals surface area contributed by atoms with Crippen LogP contribution in [0.1, 0.15) is 44.6 Å². The normalized spacial score (nSPS) is 16.7. The molecular weight excluding hydrogens is 350 g/mol. The molecule has 0 unspecified atom stereocenters. The third-order valence-corrected chi connectivity index (χ3v) is 6.84. The van der Waals surface area contributed by atoms with Crippen LogP contribution in [0.25, 0.3) is 0 Å². The maximum Gasteiger partial charge on any atom is 0.281 e. The summed E-state index contributed by atoms with van der Waals surface area (Å²) in [5, 5.41) is 3.05. The highest BCUT2D eigenvalue weighted by Gasteiger charge is 2.31. The molecule has 1 aliphatic rings. The molecule has 1 N–H and O–H groups in total. The highest BCUT2D eigenvalue weighted by atomic mass is 32.2. The third-order valence-electron chi connectivity index (χ3n) is 4.85. The van der Waals surface area contributed by atoms with E-state index in [1.165, 1.54) is 8.61 Å². The predicted octanol–water partition coefficient (Wildman–Crippen LogP) is 2.18. The summed E-state index contributed by atoms with van der Waals surface area (Å²) < 4.78 is 28.1. The summed E-state index contributed by atoms with van der Waals surface area (Å²) in [5.74, 6) is 0.0372. The second-order valence-electron chi connectivity index (χ2n) is 6.91. The van der Waals surface area contributed by atoms with Crippen molar-refractivity contribution in [3.63, 3.8) is 0 Å². The summed E-state index contributed by atoms with van der Waals surface area (Å²) in [4.78, 5) is 12.1. The zero-order chi connectivity index (χ0) is 19.0. The largest absolute Gasteiger partial charge is 0.353 e. The number of nitrogens with zero attached hydrogens (tertiary/aromatic N) is 2. The Bertz CT molecular complexity index is 656. The molecule has 0 saturated carbocycles. The third kappa shape index (κ3) is 6.07. The lowest BCUT2D eigenvalue weighted by Crippen LogP contribution is -2.50. The molecule has 1 saturated heterocycles. The molecule has 0 bridgehead atoms. The van der Waals surface area contributed by atoms with Crippen LogP contribution in [0.5, 0.6) is 0 Å². The van der Waals surface area contributed by atoms with E-state index in [9.17, 15) is 13.2 Å². The van der Waals surface area contributed by atoms with Gasteiger partial charge in [0.2, 0.25) is 5.91 Å². The molecule has 7 heteroatoms. The van der Waals surface area contributed by atoms with Gasteiger partial charge in [-0.3, -0.25) is 4.79 Å². The Morgan fingerprint density at radius 1 is 1.23 bits per heavy atom. The Morgan fingerprint density at radius 3 is 2.50 bits per heavy atom. The molecule has 1 fully saturated rings. The van der Waals surface area contributed by atoms with E-state index in [1.54, 1.807) is 7.05 Å². The van der Waals surface area contributed by atoms with Gasteiger partial charge >= 0.3 is 0 Å². The van der Waals surface area contributed by atoms with Crippen LogP contribution in [-0.2, 0) is 21.4 Å². The van der Waals surface area contributed by atoms with Crippen molar-refractivity contribution in [1.29, 1.82) is 0 Å². The van der Waals surface area contributed by atoms with Gasteiger partial charge in [-0.05, 0) is 31.2 Å². The van der Waals surface area contributed by atoms with Crippen molar-refractivity contribution in [2.45, 2.75) is 51.5 Å². The van der Waals surface area contributed by atoms with Gasteiger partial charge in [-0.25, -0.2) is 0 Å². The zero-order valence-corrected chi connectivity index (χ0v) is 16.7. The lowest BCUT2D eigenvalue weighted by atomic mass is 10.1. The van der Waals surface area contributed by atoms with E-state index >= 15 is 0 Å². The topological polar surface area (TPSA) is 69.7 Å². The molecule has 0 atom stereocenters. The molecule has 1 heterocycles. The van der Waals surface area contributed by atoms with Crippen molar-refractivity contribution in [1.82, 2.24) is 13.9 Å². The number of carbonyl (C=O) groups is 1. The monoisotopic (exact) mass is 381 g/mol. The van der Waals surface area contributed by atoms with E-state index in [0.29, 0.717) is 38.9 Å². The van der Waals surface area contributed by atoms with Crippen molar-refractivity contribution in [2.75, 3.05) is 26.7 Å². The maximum atomic E-state index is 12.5. The van der Waals surface area contributed by atoms with Gasteiger partial charge < -0.3 is 5.32 Å². The van der Waals surface area contributed by atoms with E-state index in [2.05, 4.69) is 5.32 Å². The SMILES string of the molecule is CCCCN(C)S(=O)(=O)N1CCC(NC(=O)CCc2ccccc2)CC1.